The number of hydrogen-bond donors (Lipinski definition) is 4. The van der Waals surface area contributed by atoms with Crippen molar-refractivity contribution in [3.63, 3.8) is 0 Å². The molecule has 5 rings (SSSR count). The van der Waals surface area contributed by atoms with Crippen molar-refractivity contribution in [2.45, 2.75) is 6.17 Å². The van der Waals surface area contributed by atoms with Crippen LogP contribution in [0.15, 0.2) is 82.3 Å². The molecule has 0 bridgehead atoms. The summed E-state index contributed by atoms with van der Waals surface area (Å²) in [5, 5.41) is 15.2. The predicted octanol–water partition coefficient (Wildman–Crippen LogP) is 5.28. The summed E-state index contributed by atoms with van der Waals surface area (Å²) < 4.78 is 0.182. The highest BCUT2D eigenvalue weighted by Crippen LogP contribution is 2.27. The van der Waals surface area contributed by atoms with E-state index >= 15 is 0 Å². The van der Waals surface area contributed by atoms with Crippen molar-refractivity contribution in [1.29, 1.82) is 0 Å². The van der Waals surface area contributed by atoms with Crippen LogP contribution in [-0.2, 0) is 4.79 Å². The molecule has 38 heavy (non-hydrogen) atoms. The van der Waals surface area contributed by atoms with Gasteiger partial charge in [-0.15, -0.1) is 0 Å². The summed E-state index contributed by atoms with van der Waals surface area (Å²) in [7, 11) is 0. The Morgan fingerprint density at radius 1 is 0.921 bits per heavy atom. The number of nitrogens with one attached hydrogen (secondary N) is 4. The van der Waals surface area contributed by atoms with Gasteiger partial charge in [0.25, 0.3) is 17.7 Å². The fourth-order valence-corrected chi connectivity index (χ4v) is 4.79. The van der Waals surface area contributed by atoms with Crippen molar-refractivity contribution in [2.24, 2.45) is 4.99 Å². The molecule has 0 saturated heterocycles. The Kier molecular flexibility index (Phi) is 7.28. The summed E-state index contributed by atoms with van der Waals surface area (Å²) in [4.78, 5) is 43.4. The average Bonchev–Trinajstić information content (AvgIpc) is 3.19. The first-order valence-corrected chi connectivity index (χ1v) is 12.7. The van der Waals surface area contributed by atoms with E-state index in [-0.39, 0.29) is 21.5 Å². The zero-order valence-corrected chi connectivity index (χ0v) is 22.4. The second-order valence-corrected chi connectivity index (χ2v) is 9.79. The third-order valence-electron chi connectivity index (χ3n) is 5.55. The Labute approximate surface area is 234 Å². The van der Waals surface area contributed by atoms with E-state index in [4.69, 9.17) is 23.2 Å². The number of para-hydroxylation sites is 1. The molecule has 3 amide bonds. The minimum atomic E-state index is -1.24. The normalized spacial score (nSPS) is 14.6. The van der Waals surface area contributed by atoms with E-state index in [9.17, 15) is 14.4 Å². The number of hydrogen-bond acceptors (Lipinski definition) is 5. The number of benzodiazepines with no additional fused rings is 1. The van der Waals surface area contributed by atoms with Crippen LogP contribution in [-0.4, -0.2) is 39.8 Å². The van der Waals surface area contributed by atoms with E-state index in [2.05, 4.69) is 47.1 Å². The molecule has 2 heterocycles. The van der Waals surface area contributed by atoms with E-state index in [0.29, 0.717) is 21.4 Å². The summed E-state index contributed by atoms with van der Waals surface area (Å²) in [6.45, 7) is 0. The van der Waals surface area contributed by atoms with Crippen LogP contribution in [0.1, 0.15) is 32.0 Å². The molecule has 0 fully saturated rings. The molecule has 190 valence electrons. The van der Waals surface area contributed by atoms with Crippen LogP contribution in [0.25, 0.3) is 0 Å². The molecule has 9 nitrogen and oxygen atoms in total. The van der Waals surface area contributed by atoms with Gasteiger partial charge in [0.1, 0.15) is 5.69 Å². The van der Waals surface area contributed by atoms with E-state index in [1.165, 1.54) is 18.2 Å². The molecule has 0 saturated carbocycles. The third-order valence-corrected chi connectivity index (χ3v) is 6.76. The lowest BCUT2D eigenvalue weighted by atomic mass is 10.0. The van der Waals surface area contributed by atoms with Crippen LogP contribution in [0.2, 0.25) is 10.0 Å². The largest absolute Gasteiger partial charge is 0.322 e. The molecular formula is C26H17BrCl2N6O3. The topological polar surface area (TPSA) is 128 Å². The predicted molar refractivity (Wildman–Crippen MR) is 149 cm³/mol. The zero-order valence-electron chi connectivity index (χ0n) is 19.3. The molecule has 1 aliphatic rings. The maximum absolute atomic E-state index is 13.2. The average molecular weight is 612 g/mol. The molecule has 1 unspecified atom stereocenters. The van der Waals surface area contributed by atoms with Crippen molar-refractivity contribution in [3.05, 3.63) is 110 Å². The van der Waals surface area contributed by atoms with Gasteiger partial charge >= 0.3 is 0 Å². The number of halogens is 3. The van der Waals surface area contributed by atoms with Gasteiger partial charge in [-0.25, -0.2) is 4.99 Å². The summed E-state index contributed by atoms with van der Waals surface area (Å²) in [6.07, 6.45) is -1.24. The summed E-state index contributed by atoms with van der Waals surface area (Å²) in [6, 6.07) is 21.0. The number of nitrogens with zero attached hydrogens (tertiary/aromatic N) is 2. The number of carbonyl (C=O) groups is 3. The number of carbonyl (C=O) groups excluding carboxylic acids is 3. The smallest absolute Gasteiger partial charge is 0.272 e. The molecule has 3 aromatic carbocycles. The zero-order chi connectivity index (χ0) is 26.8. The van der Waals surface area contributed by atoms with Gasteiger partial charge in [0.05, 0.1) is 15.9 Å². The van der Waals surface area contributed by atoms with Crippen LogP contribution in [0, 0.1) is 0 Å². The summed E-state index contributed by atoms with van der Waals surface area (Å²) in [5.74, 6) is -1.66. The number of benzene rings is 3. The summed E-state index contributed by atoms with van der Waals surface area (Å²) in [5.41, 5.74) is 2.81. The van der Waals surface area contributed by atoms with Gasteiger partial charge in [-0.3, -0.25) is 19.5 Å². The summed E-state index contributed by atoms with van der Waals surface area (Å²) >= 11 is 15.2. The molecule has 0 radical (unpaired) electrons. The fourth-order valence-electron chi connectivity index (χ4n) is 3.80. The van der Waals surface area contributed by atoms with Crippen LogP contribution < -0.4 is 16.0 Å². The van der Waals surface area contributed by atoms with Gasteiger partial charge in [0, 0.05) is 26.7 Å². The Morgan fingerprint density at radius 3 is 2.34 bits per heavy atom. The lowest BCUT2D eigenvalue weighted by molar-refractivity contribution is -0.117. The maximum Gasteiger partial charge on any atom is 0.272 e. The third kappa shape index (κ3) is 5.33. The van der Waals surface area contributed by atoms with Crippen LogP contribution in [0.5, 0.6) is 0 Å². The number of fused-ring (bicyclic) bond motifs is 1. The van der Waals surface area contributed by atoms with Crippen molar-refractivity contribution in [3.8, 4) is 0 Å². The van der Waals surface area contributed by atoms with Gasteiger partial charge in [-0.1, -0.05) is 71.7 Å². The molecule has 12 heteroatoms. The highest BCUT2D eigenvalue weighted by molar-refractivity contribution is 9.10. The lowest BCUT2D eigenvalue weighted by Crippen LogP contribution is -2.42. The molecule has 0 aliphatic carbocycles. The molecule has 1 aliphatic heterocycles. The fraction of sp³-hybridized carbons (Fsp3) is 0.0385. The first kappa shape index (κ1) is 25.7. The minimum absolute atomic E-state index is 0.0181. The molecule has 4 aromatic rings. The highest BCUT2D eigenvalue weighted by Gasteiger charge is 2.29. The number of aliphatic imine (C=N–C) groups is 1. The van der Waals surface area contributed by atoms with E-state index in [1.54, 1.807) is 12.1 Å². The van der Waals surface area contributed by atoms with Crippen LogP contribution >= 0.6 is 39.1 Å². The van der Waals surface area contributed by atoms with Gasteiger partial charge in [0.15, 0.2) is 5.82 Å². The quantitative estimate of drug-likeness (QED) is 0.245. The number of H-pyrrole nitrogens is 1. The first-order valence-electron chi connectivity index (χ1n) is 11.2. The maximum atomic E-state index is 13.2. The Bertz CT molecular complexity index is 1590. The lowest BCUT2D eigenvalue weighted by Gasteiger charge is -2.13. The molecule has 1 atom stereocenters. The van der Waals surface area contributed by atoms with E-state index < -0.39 is 23.9 Å². The van der Waals surface area contributed by atoms with E-state index in [0.717, 1.165) is 11.1 Å². The Hall–Kier alpha value is -3.99. The Balaban J connectivity index is 1.40. The van der Waals surface area contributed by atoms with Crippen molar-refractivity contribution in [1.82, 2.24) is 15.5 Å². The van der Waals surface area contributed by atoms with E-state index in [1.807, 2.05) is 42.5 Å². The van der Waals surface area contributed by atoms with Crippen LogP contribution in [0.4, 0.5) is 11.5 Å². The second kappa shape index (κ2) is 10.8. The minimum Gasteiger partial charge on any atom is -0.322 e. The molecular weight excluding hydrogens is 595 g/mol. The van der Waals surface area contributed by atoms with Crippen molar-refractivity contribution in [2.75, 3.05) is 10.6 Å². The second-order valence-electron chi connectivity index (χ2n) is 8.13. The first-order chi connectivity index (χ1) is 18.3. The van der Waals surface area contributed by atoms with Gasteiger partial charge in [0.2, 0.25) is 6.17 Å². The number of aromatic nitrogens is 2. The SMILES string of the molecule is O=C(Nc1n[nH]c(C(=O)NC2N=C(c3ccccc3)c3ccccc3NC2=O)c1Br)c1cc(Cl)cc(Cl)c1. The Morgan fingerprint density at radius 2 is 1.61 bits per heavy atom. The highest BCUT2D eigenvalue weighted by atomic mass is 79.9. The van der Waals surface area contributed by atoms with Gasteiger partial charge in [-0.05, 0) is 40.2 Å². The number of aromatic amines is 1. The molecule has 0 spiro atoms. The van der Waals surface area contributed by atoms with Gasteiger partial charge < -0.3 is 16.0 Å². The van der Waals surface area contributed by atoms with Gasteiger partial charge in [-0.2, -0.15) is 5.10 Å². The number of anilines is 2. The number of rotatable bonds is 5. The molecule has 1 aromatic heterocycles. The van der Waals surface area contributed by atoms with Crippen molar-refractivity contribution >= 4 is 74.1 Å². The van der Waals surface area contributed by atoms with Crippen molar-refractivity contribution < 1.29 is 14.4 Å². The molecule has 4 N–H and O–H groups in total. The monoisotopic (exact) mass is 610 g/mol. The standard InChI is InChI=1S/C26H17BrCl2N6O3/c27-19-21(34-35-22(19)32-24(36)14-10-15(28)12-16(29)11-14)25(37)33-23-26(38)30-18-9-5-4-8-17(18)20(31-23)13-6-2-1-3-7-13/h1-12,23H,(H,30,38)(H,33,37)(H2,32,34,35,36). The van der Waals surface area contributed by atoms with Crippen LogP contribution in [0.3, 0.4) is 0 Å². The number of amides is 3.